The minimum atomic E-state index is -0.215. The zero-order valence-corrected chi connectivity index (χ0v) is 10.2. The highest BCUT2D eigenvalue weighted by atomic mass is 19.1. The van der Waals surface area contributed by atoms with Gasteiger partial charge in [0.05, 0.1) is 6.61 Å². The van der Waals surface area contributed by atoms with Crippen LogP contribution in [0.4, 0.5) is 4.39 Å². The molecule has 0 saturated heterocycles. The van der Waals surface area contributed by atoms with E-state index < -0.39 is 0 Å². The molecule has 0 saturated carbocycles. The van der Waals surface area contributed by atoms with E-state index in [-0.39, 0.29) is 5.82 Å². The normalized spacial score (nSPS) is 11.4. The molecule has 5 heteroatoms. The quantitative estimate of drug-likeness (QED) is 0.460. The number of guanidine groups is 1. The number of methoxy groups -OCH3 is 1. The Morgan fingerprint density at radius 1 is 1.35 bits per heavy atom. The van der Waals surface area contributed by atoms with E-state index in [0.29, 0.717) is 31.2 Å². The number of ether oxygens (including phenoxy) is 1. The van der Waals surface area contributed by atoms with Gasteiger partial charge in [0, 0.05) is 32.8 Å². The van der Waals surface area contributed by atoms with Gasteiger partial charge in [-0.05, 0) is 6.07 Å². The van der Waals surface area contributed by atoms with Crippen LogP contribution in [0.15, 0.2) is 29.3 Å². The van der Waals surface area contributed by atoms with E-state index in [9.17, 15) is 4.39 Å². The third-order valence-corrected chi connectivity index (χ3v) is 2.23. The van der Waals surface area contributed by atoms with Gasteiger partial charge in [0.25, 0.3) is 0 Å². The van der Waals surface area contributed by atoms with Gasteiger partial charge < -0.3 is 15.4 Å². The van der Waals surface area contributed by atoms with Gasteiger partial charge in [-0.25, -0.2) is 4.39 Å². The summed E-state index contributed by atoms with van der Waals surface area (Å²) >= 11 is 0. The lowest BCUT2D eigenvalue weighted by atomic mass is 10.2. The molecule has 17 heavy (non-hydrogen) atoms. The molecule has 2 N–H and O–H groups in total. The molecule has 0 aliphatic heterocycles. The van der Waals surface area contributed by atoms with E-state index in [1.54, 1.807) is 32.4 Å². The Morgan fingerprint density at radius 3 is 2.76 bits per heavy atom. The molecule has 0 fully saturated rings. The molecule has 0 aliphatic rings. The van der Waals surface area contributed by atoms with Crippen molar-refractivity contribution in [1.29, 1.82) is 0 Å². The highest BCUT2D eigenvalue weighted by Gasteiger charge is 2.01. The molecule has 1 rings (SSSR count). The first-order chi connectivity index (χ1) is 8.27. The minimum Gasteiger partial charge on any atom is -0.383 e. The molecule has 1 aromatic rings. The number of rotatable bonds is 5. The Morgan fingerprint density at radius 2 is 2.12 bits per heavy atom. The van der Waals surface area contributed by atoms with Crippen molar-refractivity contribution >= 4 is 5.96 Å². The smallest absolute Gasteiger partial charge is 0.191 e. The maximum absolute atomic E-state index is 13.3. The van der Waals surface area contributed by atoms with E-state index >= 15 is 0 Å². The Labute approximate surface area is 101 Å². The van der Waals surface area contributed by atoms with Crippen LogP contribution in [-0.2, 0) is 11.3 Å². The third-order valence-electron chi connectivity index (χ3n) is 2.23. The molecular weight excluding hydrogens is 221 g/mol. The number of aliphatic imine (C=N–C) groups is 1. The number of nitrogens with one attached hydrogen (secondary N) is 2. The zero-order valence-electron chi connectivity index (χ0n) is 10.2. The van der Waals surface area contributed by atoms with Gasteiger partial charge in [-0.1, -0.05) is 18.2 Å². The van der Waals surface area contributed by atoms with E-state index in [2.05, 4.69) is 15.6 Å². The van der Waals surface area contributed by atoms with Gasteiger partial charge in [-0.2, -0.15) is 0 Å². The Bertz CT molecular complexity index is 369. The van der Waals surface area contributed by atoms with Crippen molar-refractivity contribution in [3.8, 4) is 0 Å². The van der Waals surface area contributed by atoms with Gasteiger partial charge in [0.2, 0.25) is 0 Å². The fourth-order valence-electron chi connectivity index (χ4n) is 1.31. The number of nitrogens with zero attached hydrogens (tertiary/aromatic N) is 1. The summed E-state index contributed by atoms with van der Waals surface area (Å²) in [5, 5.41) is 6.08. The van der Waals surface area contributed by atoms with Gasteiger partial charge in [0.15, 0.2) is 5.96 Å². The van der Waals surface area contributed by atoms with Crippen molar-refractivity contribution in [1.82, 2.24) is 10.6 Å². The van der Waals surface area contributed by atoms with Crippen LogP contribution in [0.3, 0.4) is 0 Å². The second kappa shape index (κ2) is 7.62. The molecular formula is C12H18FN3O. The first kappa shape index (κ1) is 13.4. The Hall–Kier alpha value is -1.62. The molecule has 0 heterocycles. The predicted octanol–water partition coefficient (Wildman–Crippen LogP) is 1.14. The summed E-state index contributed by atoms with van der Waals surface area (Å²) in [6, 6.07) is 6.66. The topological polar surface area (TPSA) is 45.7 Å². The summed E-state index contributed by atoms with van der Waals surface area (Å²) in [6.45, 7) is 1.66. The van der Waals surface area contributed by atoms with Crippen molar-refractivity contribution in [2.24, 2.45) is 4.99 Å². The first-order valence-corrected chi connectivity index (χ1v) is 5.44. The highest BCUT2D eigenvalue weighted by Crippen LogP contribution is 2.05. The number of hydrogen-bond donors (Lipinski definition) is 2. The van der Waals surface area contributed by atoms with E-state index in [1.165, 1.54) is 6.07 Å². The summed E-state index contributed by atoms with van der Waals surface area (Å²) in [5.74, 6) is 0.414. The van der Waals surface area contributed by atoms with Gasteiger partial charge in [-0.15, -0.1) is 0 Å². The van der Waals surface area contributed by atoms with Gasteiger partial charge in [-0.3, -0.25) is 4.99 Å². The summed E-state index contributed by atoms with van der Waals surface area (Å²) in [7, 11) is 3.31. The molecule has 0 spiro atoms. The highest BCUT2D eigenvalue weighted by molar-refractivity contribution is 5.79. The SMILES string of the molecule is CN=C(NCCOC)NCc1ccccc1F. The summed E-state index contributed by atoms with van der Waals surface area (Å²) in [5.41, 5.74) is 0.613. The van der Waals surface area contributed by atoms with E-state index in [4.69, 9.17) is 4.74 Å². The van der Waals surface area contributed by atoms with Crippen LogP contribution >= 0.6 is 0 Å². The summed E-state index contributed by atoms with van der Waals surface area (Å²) in [6.07, 6.45) is 0. The standard InChI is InChI=1S/C12H18FN3O/c1-14-12(15-7-8-17-2)16-9-10-5-3-4-6-11(10)13/h3-6H,7-9H2,1-2H3,(H2,14,15,16). The lowest BCUT2D eigenvalue weighted by molar-refractivity contribution is 0.203. The lowest BCUT2D eigenvalue weighted by Gasteiger charge is -2.11. The van der Waals surface area contributed by atoms with Crippen LogP contribution in [0.25, 0.3) is 0 Å². The molecule has 0 unspecified atom stereocenters. The molecule has 0 radical (unpaired) electrons. The third kappa shape index (κ3) is 4.82. The van der Waals surface area contributed by atoms with Crippen LogP contribution in [0.5, 0.6) is 0 Å². The number of benzene rings is 1. The molecule has 0 atom stereocenters. The lowest BCUT2D eigenvalue weighted by Crippen LogP contribution is -2.38. The maximum atomic E-state index is 13.3. The van der Waals surface area contributed by atoms with Crippen molar-refractivity contribution in [3.05, 3.63) is 35.6 Å². The van der Waals surface area contributed by atoms with Crippen LogP contribution in [0, 0.1) is 5.82 Å². The Balaban J connectivity index is 2.40. The van der Waals surface area contributed by atoms with Crippen LogP contribution in [-0.4, -0.2) is 33.3 Å². The average molecular weight is 239 g/mol. The van der Waals surface area contributed by atoms with E-state index in [1.807, 2.05) is 0 Å². The molecule has 1 aromatic carbocycles. The van der Waals surface area contributed by atoms with Crippen LogP contribution in [0.2, 0.25) is 0 Å². The zero-order chi connectivity index (χ0) is 12.5. The minimum absolute atomic E-state index is 0.215. The van der Waals surface area contributed by atoms with Crippen LogP contribution in [0.1, 0.15) is 5.56 Å². The number of hydrogen-bond acceptors (Lipinski definition) is 2. The first-order valence-electron chi connectivity index (χ1n) is 5.44. The molecule has 4 nitrogen and oxygen atoms in total. The van der Waals surface area contributed by atoms with Crippen molar-refractivity contribution in [2.45, 2.75) is 6.54 Å². The molecule has 0 amide bonds. The predicted molar refractivity (Wildman–Crippen MR) is 66.5 cm³/mol. The Kier molecular flexibility index (Phi) is 6.03. The molecule has 94 valence electrons. The fourth-order valence-corrected chi connectivity index (χ4v) is 1.31. The molecule has 0 aliphatic carbocycles. The summed E-state index contributed by atoms with van der Waals surface area (Å²) < 4.78 is 18.2. The monoisotopic (exact) mass is 239 g/mol. The molecule has 0 bridgehead atoms. The fraction of sp³-hybridized carbons (Fsp3) is 0.417. The maximum Gasteiger partial charge on any atom is 0.191 e. The second-order valence-corrected chi connectivity index (χ2v) is 3.44. The van der Waals surface area contributed by atoms with Crippen LogP contribution < -0.4 is 10.6 Å². The summed E-state index contributed by atoms with van der Waals surface area (Å²) in [4.78, 5) is 4.02. The second-order valence-electron chi connectivity index (χ2n) is 3.44. The van der Waals surface area contributed by atoms with Crippen molar-refractivity contribution in [3.63, 3.8) is 0 Å². The number of halogens is 1. The molecule has 0 aromatic heterocycles. The van der Waals surface area contributed by atoms with Gasteiger partial charge in [0.1, 0.15) is 5.82 Å². The van der Waals surface area contributed by atoms with Gasteiger partial charge >= 0.3 is 0 Å². The largest absolute Gasteiger partial charge is 0.383 e. The van der Waals surface area contributed by atoms with Crippen molar-refractivity contribution < 1.29 is 9.13 Å². The van der Waals surface area contributed by atoms with E-state index in [0.717, 1.165) is 0 Å². The van der Waals surface area contributed by atoms with Crippen molar-refractivity contribution in [2.75, 3.05) is 27.3 Å². The average Bonchev–Trinajstić information content (AvgIpc) is 2.35.